The van der Waals surface area contributed by atoms with E-state index >= 15 is 0 Å². The molecular weight excluding hydrogens is 443 g/mol. The van der Waals surface area contributed by atoms with Crippen LogP contribution in [0, 0.1) is 5.82 Å². The summed E-state index contributed by atoms with van der Waals surface area (Å²) in [5.74, 6) is -0.275. The van der Waals surface area contributed by atoms with Crippen molar-refractivity contribution in [1.29, 1.82) is 0 Å². The number of benzene rings is 3. The summed E-state index contributed by atoms with van der Waals surface area (Å²) in [6.07, 6.45) is 0.455. The summed E-state index contributed by atoms with van der Waals surface area (Å²) in [5.41, 5.74) is 1.69. The predicted molar refractivity (Wildman–Crippen MR) is 125 cm³/mol. The van der Waals surface area contributed by atoms with E-state index in [9.17, 15) is 17.6 Å². The predicted octanol–water partition coefficient (Wildman–Crippen LogP) is 3.95. The lowest BCUT2D eigenvalue weighted by molar-refractivity contribution is -0.121. The molecule has 0 aliphatic rings. The highest BCUT2D eigenvalue weighted by atomic mass is 32.2. The molecule has 1 amide bonds. The van der Waals surface area contributed by atoms with Crippen molar-refractivity contribution in [2.24, 2.45) is 0 Å². The molecule has 0 radical (unpaired) electrons. The van der Waals surface area contributed by atoms with E-state index in [4.69, 9.17) is 4.74 Å². The van der Waals surface area contributed by atoms with Crippen molar-refractivity contribution in [2.45, 2.75) is 24.3 Å². The summed E-state index contributed by atoms with van der Waals surface area (Å²) >= 11 is 0. The number of nitrogens with one attached hydrogen (secondary N) is 1. The maximum atomic E-state index is 13.3. The molecule has 3 rings (SSSR count). The molecule has 174 valence electrons. The molecular formula is C25H27FN2O4S. The van der Waals surface area contributed by atoms with Gasteiger partial charge in [0.1, 0.15) is 11.6 Å². The number of nitrogens with zero attached hydrogens (tertiary/aromatic N) is 1. The second-order valence-electron chi connectivity index (χ2n) is 7.59. The van der Waals surface area contributed by atoms with E-state index in [0.29, 0.717) is 12.2 Å². The van der Waals surface area contributed by atoms with Gasteiger partial charge in [0, 0.05) is 6.54 Å². The molecule has 0 fully saturated rings. The second-order valence-corrected chi connectivity index (χ2v) is 9.53. The number of rotatable bonds is 10. The number of hydrogen-bond donors (Lipinski definition) is 1. The molecule has 0 aromatic heterocycles. The number of halogens is 1. The van der Waals surface area contributed by atoms with Crippen molar-refractivity contribution in [3.8, 4) is 5.75 Å². The van der Waals surface area contributed by atoms with Gasteiger partial charge in [0.25, 0.3) is 0 Å². The summed E-state index contributed by atoms with van der Waals surface area (Å²) in [6.45, 7) is 1.56. The third-order valence-electron chi connectivity index (χ3n) is 5.26. The maximum Gasteiger partial charge on any atom is 0.243 e. The molecule has 1 N–H and O–H groups in total. The molecule has 0 aliphatic carbocycles. The zero-order valence-electron chi connectivity index (χ0n) is 18.6. The standard InChI is InChI=1S/C25H27FN2O4S/c1-19(21-8-10-22(26)11-9-21)27-25(29)18-28(17-16-20-6-4-3-5-7-20)33(30,31)24-14-12-23(32-2)13-15-24/h3-15,19H,16-18H2,1-2H3,(H,27,29). The quantitative estimate of drug-likeness (QED) is 0.487. The van der Waals surface area contributed by atoms with Crippen LogP contribution >= 0.6 is 0 Å². The Bertz CT molecular complexity index is 1150. The molecule has 0 bridgehead atoms. The minimum absolute atomic E-state index is 0.0794. The molecule has 0 aliphatic heterocycles. The number of methoxy groups -OCH3 is 1. The Morgan fingerprint density at radius 1 is 1.00 bits per heavy atom. The third-order valence-corrected chi connectivity index (χ3v) is 7.12. The lowest BCUT2D eigenvalue weighted by Gasteiger charge is -2.23. The van der Waals surface area contributed by atoms with E-state index < -0.39 is 22.0 Å². The lowest BCUT2D eigenvalue weighted by atomic mass is 10.1. The third kappa shape index (κ3) is 6.63. The minimum atomic E-state index is -3.93. The van der Waals surface area contributed by atoms with Crippen LogP contribution in [0.25, 0.3) is 0 Å². The fourth-order valence-electron chi connectivity index (χ4n) is 3.36. The van der Waals surface area contributed by atoms with Gasteiger partial charge in [0.2, 0.25) is 15.9 Å². The summed E-state index contributed by atoms with van der Waals surface area (Å²) in [6, 6.07) is 20.9. The highest BCUT2D eigenvalue weighted by Gasteiger charge is 2.27. The molecule has 0 heterocycles. The molecule has 8 heteroatoms. The van der Waals surface area contributed by atoms with E-state index in [0.717, 1.165) is 11.1 Å². The molecule has 0 saturated carbocycles. The largest absolute Gasteiger partial charge is 0.497 e. The van der Waals surface area contributed by atoms with Crippen molar-refractivity contribution in [2.75, 3.05) is 20.2 Å². The fourth-order valence-corrected chi connectivity index (χ4v) is 4.76. The zero-order chi connectivity index (χ0) is 23.8. The monoisotopic (exact) mass is 470 g/mol. The van der Waals surface area contributed by atoms with Gasteiger partial charge >= 0.3 is 0 Å². The molecule has 1 unspecified atom stereocenters. The Morgan fingerprint density at radius 2 is 1.64 bits per heavy atom. The fraction of sp³-hybridized carbons (Fsp3) is 0.240. The van der Waals surface area contributed by atoms with Crippen LogP contribution in [0.1, 0.15) is 24.1 Å². The molecule has 0 spiro atoms. The first-order valence-corrected chi connectivity index (χ1v) is 12.0. The van der Waals surface area contributed by atoms with Crippen LogP contribution in [0.15, 0.2) is 83.8 Å². The van der Waals surface area contributed by atoms with E-state index in [-0.39, 0.29) is 23.8 Å². The minimum Gasteiger partial charge on any atom is -0.497 e. The topological polar surface area (TPSA) is 75.7 Å². The molecule has 6 nitrogen and oxygen atoms in total. The highest BCUT2D eigenvalue weighted by Crippen LogP contribution is 2.20. The number of carbonyl (C=O) groups is 1. The van der Waals surface area contributed by atoms with Gasteiger partial charge in [-0.2, -0.15) is 4.31 Å². The van der Waals surface area contributed by atoms with Crippen molar-refractivity contribution >= 4 is 15.9 Å². The van der Waals surface area contributed by atoms with E-state index in [1.165, 1.54) is 35.7 Å². The SMILES string of the molecule is COc1ccc(S(=O)(=O)N(CCc2ccccc2)CC(=O)NC(C)c2ccc(F)cc2)cc1. The van der Waals surface area contributed by atoms with Gasteiger partial charge in [-0.25, -0.2) is 12.8 Å². The van der Waals surface area contributed by atoms with Crippen LogP contribution in [0.4, 0.5) is 4.39 Å². The lowest BCUT2D eigenvalue weighted by Crippen LogP contribution is -2.42. The van der Waals surface area contributed by atoms with Crippen LogP contribution in [-0.2, 0) is 21.2 Å². The summed E-state index contributed by atoms with van der Waals surface area (Å²) in [4.78, 5) is 12.9. The smallest absolute Gasteiger partial charge is 0.243 e. The maximum absolute atomic E-state index is 13.3. The highest BCUT2D eigenvalue weighted by molar-refractivity contribution is 7.89. The van der Waals surface area contributed by atoms with E-state index in [1.807, 2.05) is 30.3 Å². The average molecular weight is 471 g/mol. The Morgan fingerprint density at radius 3 is 2.24 bits per heavy atom. The van der Waals surface area contributed by atoms with Gasteiger partial charge in [-0.05, 0) is 60.9 Å². The Hall–Kier alpha value is -3.23. The summed E-state index contributed by atoms with van der Waals surface area (Å²) in [7, 11) is -2.43. The average Bonchev–Trinajstić information content (AvgIpc) is 2.82. The van der Waals surface area contributed by atoms with Gasteiger partial charge < -0.3 is 10.1 Å². The van der Waals surface area contributed by atoms with Gasteiger partial charge in [-0.15, -0.1) is 0 Å². The second kappa shape index (κ2) is 11.1. The first-order valence-electron chi connectivity index (χ1n) is 10.5. The van der Waals surface area contributed by atoms with Gasteiger partial charge in [-0.1, -0.05) is 42.5 Å². The molecule has 0 saturated heterocycles. The van der Waals surface area contributed by atoms with Crippen LogP contribution in [0.2, 0.25) is 0 Å². The Balaban J connectivity index is 1.77. The summed E-state index contributed by atoms with van der Waals surface area (Å²) < 4.78 is 46.2. The molecule has 1 atom stereocenters. The first kappa shape index (κ1) is 24.4. The number of carbonyl (C=O) groups excluding carboxylic acids is 1. The first-order chi connectivity index (χ1) is 15.8. The zero-order valence-corrected chi connectivity index (χ0v) is 19.4. The number of ether oxygens (including phenoxy) is 1. The number of hydrogen-bond acceptors (Lipinski definition) is 4. The van der Waals surface area contributed by atoms with Crippen molar-refractivity contribution in [3.05, 3.63) is 95.8 Å². The van der Waals surface area contributed by atoms with Crippen molar-refractivity contribution < 1.29 is 22.3 Å². The molecule has 33 heavy (non-hydrogen) atoms. The number of sulfonamides is 1. The van der Waals surface area contributed by atoms with Crippen molar-refractivity contribution in [1.82, 2.24) is 9.62 Å². The van der Waals surface area contributed by atoms with Crippen LogP contribution < -0.4 is 10.1 Å². The van der Waals surface area contributed by atoms with Crippen molar-refractivity contribution in [3.63, 3.8) is 0 Å². The van der Waals surface area contributed by atoms with E-state index in [2.05, 4.69) is 5.32 Å². The number of amides is 1. The molecule has 3 aromatic carbocycles. The molecule has 3 aromatic rings. The van der Waals surface area contributed by atoms with Crippen LogP contribution in [0.3, 0.4) is 0 Å². The van der Waals surface area contributed by atoms with Gasteiger partial charge in [-0.3, -0.25) is 4.79 Å². The van der Waals surface area contributed by atoms with E-state index in [1.54, 1.807) is 31.2 Å². The van der Waals surface area contributed by atoms with Gasteiger partial charge in [0.05, 0.1) is 24.6 Å². The Kier molecular flexibility index (Phi) is 8.19. The normalized spacial score (nSPS) is 12.4. The Labute approximate surface area is 194 Å². The van der Waals surface area contributed by atoms with Crippen LogP contribution in [-0.4, -0.2) is 38.8 Å². The van der Waals surface area contributed by atoms with Crippen LogP contribution in [0.5, 0.6) is 5.75 Å². The van der Waals surface area contributed by atoms with Gasteiger partial charge in [0.15, 0.2) is 0 Å². The summed E-state index contributed by atoms with van der Waals surface area (Å²) in [5, 5.41) is 2.80.